The van der Waals surface area contributed by atoms with Crippen LogP contribution in [0.25, 0.3) is 0 Å². The number of nitrogens with zero attached hydrogens (tertiary/aromatic N) is 4. The van der Waals surface area contributed by atoms with E-state index in [1.165, 1.54) is 12.7 Å². The van der Waals surface area contributed by atoms with Gasteiger partial charge in [0.1, 0.15) is 6.04 Å². The summed E-state index contributed by atoms with van der Waals surface area (Å²) < 4.78 is 6.89. The molecule has 1 atom stereocenters. The number of esters is 1. The molecule has 0 N–H and O–H groups in total. The molecule has 0 spiro atoms. The van der Waals surface area contributed by atoms with Gasteiger partial charge in [0, 0.05) is 45.0 Å². The maximum absolute atomic E-state index is 12.3. The van der Waals surface area contributed by atoms with E-state index in [2.05, 4.69) is 21.1 Å². The topological polar surface area (TPSA) is 50.6 Å². The highest BCUT2D eigenvalue weighted by Gasteiger charge is 2.30. The molecule has 0 saturated carbocycles. The van der Waals surface area contributed by atoms with Gasteiger partial charge >= 0.3 is 5.97 Å². The molecule has 2 aromatic heterocycles. The maximum Gasteiger partial charge on any atom is 0.327 e. The number of thiophene rings is 1. The average Bonchev–Trinajstić information content (AvgIpc) is 3.18. The Morgan fingerprint density at radius 1 is 1.38 bits per heavy atom. The first-order chi connectivity index (χ1) is 11.7. The number of methoxy groups -OCH3 is 1. The van der Waals surface area contributed by atoms with Gasteiger partial charge in [0.15, 0.2) is 0 Å². The van der Waals surface area contributed by atoms with E-state index in [0.29, 0.717) is 0 Å². The lowest BCUT2D eigenvalue weighted by molar-refractivity contribution is -0.147. The normalized spacial score (nSPS) is 18.2. The Morgan fingerprint density at radius 2 is 2.25 bits per heavy atom. The molecule has 1 aliphatic heterocycles. The molecule has 1 saturated heterocycles. The van der Waals surface area contributed by atoms with Gasteiger partial charge in [-0.3, -0.25) is 14.5 Å². The van der Waals surface area contributed by atoms with Crippen molar-refractivity contribution in [3.8, 4) is 0 Å². The molecule has 0 aliphatic carbocycles. The van der Waals surface area contributed by atoms with Crippen LogP contribution in [-0.2, 0) is 23.1 Å². The second-order valence-corrected chi connectivity index (χ2v) is 6.95. The van der Waals surface area contributed by atoms with Crippen molar-refractivity contribution in [2.24, 2.45) is 7.05 Å². The molecule has 0 radical (unpaired) electrons. The number of hydrogen-bond acceptors (Lipinski definition) is 6. The number of rotatable bonds is 5. The first kappa shape index (κ1) is 17.1. The van der Waals surface area contributed by atoms with Gasteiger partial charge in [-0.2, -0.15) is 16.4 Å². The molecule has 0 amide bonds. The Hall–Kier alpha value is -1.70. The lowest BCUT2D eigenvalue weighted by Crippen LogP contribution is -2.37. The van der Waals surface area contributed by atoms with Crippen LogP contribution in [0.2, 0.25) is 0 Å². The van der Waals surface area contributed by atoms with E-state index < -0.39 is 0 Å². The van der Waals surface area contributed by atoms with Crippen LogP contribution in [0.15, 0.2) is 29.2 Å². The SMILES string of the molecule is COC(=O)[C@@H](c1ccsc1)N1CCCN(Cc2cnn(C)c2)CC1. The zero-order chi connectivity index (χ0) is 16.9. The van der Waals surface area contributed by atoms with E-state index in [-0.39, 0.29) is 12.0 Å². The van der Waals surface area contributed by atoms with Gasteiger partial charge in [0.25, 0.3) is 0 Å². The molecule has 1 aliphatic rings. The van der Waals surface area contributed by atoms with E-state index in [1.807, 2.05) is 34.8 Å². The fourth-order valence-electron chi connectivity index (χ4n) is 3.26. The molecular weight excluding hydrogens is 324 g/mol. The Morgan fingerprint density at radius 3 is 2.92 bits per heavy atom. The van der Waals surface area contributed by atoms with Crippen molar-refractivity contribution in [2.75, 3.05) is 33.3 Å². The predicted molar refractivity (Wildman–Crippen MR) is 93.8 cm³/mol. The molecular formula is C17H24N4O2S. The van der Waals surface area contributed by atoms with Crippen LogP contribution >= 0.6 is 11.3 Å². The summed E-state index contributed by atoms with van der Waals surface area (Å²) in [6.07, 6.45) is 5.02. The van der Waals surface area contributed by atoms with Crippen molar-refractivity contribution in [1.82, 2.24) is 19.6 Å². The summed E-state index contributed by atoms with van der Waals surface area (Å²) in [6.45, 7) is 4.63. The molecule has 130 valence electrons. The Kier molecular flexibility index (Phi) is 5.65. The minimum Gasteiger partial charge on any atom is -0.468 e. The second-order valence-electron chi connectivity index (χ2n) is 6.17. The molecule has 3 heterocycles. The van der Waals surface area contributed by atoms with Crippen molar-refractivity contribution in [3.05, 3.63) is 40.3 Å². The molecule has 3 rings (SSSR count). The van der Waals surface area contributed by atoms with Gasteiger partial charge in [0.05, 0.1) is 13.3 Å². The summed E-state index contributed by atoms with van der Waals surface area (Å²) in [4.78, 5) is 17.0. The monoisotopic (exact) mass is 348 g/mol. The molecule has 2 aromatic rings. The van der Waals surface area contributed by atoms with E-state index in [1.54, 1.807) is 11.3 Å². The molecule has 1 fully saturated rings. The number of carbonyl (C=O) groups excluding carboxylic acids is 1. The third kappa shape index (κ3) is 4.03. The van der Waals surface area contributed by atoms with Crippen LogP contribution in [-0.4, -0.2) is 58.8 Å². The molecule has 0 unspecified atom stereocenters. The number of aromatic nitrogens is 2. The summed E-state index contributed by atoms with van der Waals surface area (Å²) in [5.74, 6) is -0.172. The maximum atomic E-state index is 12.3. The minimum absolute atomic E-state index is 0.172. The standard InChI is InChI=1S/C17H24N4O2S/c1-19-11-14(10-18-19)12-20-5-3-6-21(8-7-20)16(17(22)23-2)15-4-9-24-13-15/h4,9-11,13,16H,3,5-8,12H2,1-2H3/t16-/m1/s1. The summed E-state index contributed by atoms with van der Waals surface area (Å²) in [5, 5.41) is 8.29. The van der Waals surface area contributed by atoms with E-state index >= 15 is 0 Å². The Balaban J connectivity index is 1.66. The molecule has 7 heteroatoms. The third-order valence-corrected chi connectivity index (χ3v) is 5.14. The number of ether oxygens (including phenoxy) is 1. The largest absolute Gasteiger partial charge is 0.468 e. The van der Waals surface area contributed by atoms with Crippen LogP contribution in [0.5, 0.6) is 0 Å². The van der Waals surface area contributed by atoms with Gasteiger partial charge in [-0.05, 0) is 35.4 Å². The average molecular weight is 348 g/mol. The lowest BCUT2D eigenvalue weighted by Gasteiger charge is -2.28. The van der Waals surface area contributed by atoms with E-state index in [4.69, 9.17) is 4.74 Å². The first-order valence-corrected chi connectivity index (χ1v) is 9.15. The Labute approximate surface area is 146 Å². The van der Waals surface area contributed by atoms with Crippen molar-refractivity contribution >= 4 is 17.3 Å². The highest BCUT2D eigenvalue weighted by atomic mass is 32.1. The van der Waals surface area contributed by atoms with Gasteiger partial charge < -0.3 is 4.74 Å². The summed E-state index contributed by atoms with van der Waals surface area (Å²) in [5.41, 5.74) is 2.26. The van der Waals surface area contributed by atoms with Crippen molar-refractivity contribution < 1.29 is 9.53 Å². The minimum atomic E-state index is -0.292. The van der Waals surface area contributed by atoms with Crippen LogP contribution < -0.4 is 0 Å². The van der Waals surface area contributed by atoms with Crippen molar-refractivity contribution in [2.45, 2.75) is 19.0 Å². The van der Waals surface area contributed by atoms with E-state index in [9.17, 15) is 4.79 Å². The fourth-order valence-corrected chi connectivity index (χ4v) is 3.94. The van der Waals surface area contributed by atoms with Gasteiger partial charge in [-0.25, -0.2) is 4.79 Å². The Bertz CT molecular complexity index is 655. The highest BCUT2D eigenvalue weighted by molar-refractivity contribution is 7.08. The first-order valence-electron chi connectivity index (χ1n) is 8.21. The number of aryl methyl sites for hydroxylation is 1. The van der Waals surface area contributed by atoms with Gasteiger partial charge in [-0.1, -0.05) is 0 Å². The van der Waals surface area contributed by atoms with Crippen LogP contribution in [0, 0.1) is 0 Å². The number of carbonyl (C=O) groups is 1. The summed E-state index contributed by atoms with van der Waals surface area (Å²) in [7, 11) is 3.41. The van der Waals surface area contributed by atoms with Crippen molar-refractivity contribution in [3.63, 3.8) is 0 Å². The zero-order valence-corrected chi connectivity index (χ0v) is 15.0. The smallest absolute Gasteiger partial charge is 0.327 e. The third-order valence-electron chi connectivity index (χ3n) is 4.44. The van der Waals surface area contributed by atoms with Crippen LogP contribution in [0.4, 0.5) is 0 Å². The highest BCUT2D eigenvalue weighted by Crippen LogP contribution is 2.25. The molecule has 0 aromatic carbocycles. The quantitative estimate of drug-likeness (QED) is 0.773. The summed E-state index contributed by atoms with van der Waals surface area (Å²) in [6, 6.07) is 1.73. The predicted octanol–water partition coefficient (Wildman–Crippen LogP) is 1.90. The van der Waals surface area contributed by atoms with Crippen LogP contribution in [0.1, 0.15) is 23.6 Å². The molecule has 24 heavy (non-hydrogen) atoms. The molecule has 0 bridgehead atoms. The lowest BCUT2D eigenvalue weighted by atomic mass is 10.1. The second kappa shape index (κ2) is 7.92. The van der Waals surface area contributed by atoms with Gasteiger partial charge in [0.2, 0.25) is 0 Å². The van der Waals surface area contributed by atoms with Gasteiger partial charge in [-0.15, -0.1) is 0 Å². The summed E-state index contributed by atoms with van der Waals surface area (Å²) >= 11 is 1.62. The van der Waals surface area contributed by atoms with Crippen LogP contribution in [0.3, 0.4) is 0 Å². The zero-order valence-electron chi connectivity index (χ0n) is 14.2. The molecule has 6 nitrogen and oxygen atoms in total. The number of hydrogen-bond donors (Lipinski definition) is 0. The fraction of sp³-hybridized carbons (Fsp3) is 0.529. The van der Waals surface area contributed by atoms with Crippen molar-refractivity contribution in [1.29, 1.82) is 0 Å². The van der Waals surface area contributed by atoms with E-state index in [0.717, 1.165) is 44.7 Å².